The van der Waals surface area contributed by atoms with E-state index >= 15 is 0 Å². The van der Waals surface area contributed by atoms with Gasteiger partial charge in [0.25, 0.3) is 0 Å². The van der Waals surface area contributed by atoms with E-state index in [0.717, 1.165) is 56.1 Å². The number of fused-ring (bicyclic) bond motifs is 1. The van der Waals surface area contributed by atoms with Crippen molar-refractivity contribution < 1.29 is 14.3 Å². The molecule has 0 aliphatic carbocycles. The zero-order chi connectivity index (χ0) is 37.2. The molecule has 268 valence electrons. The second-order valence-corrected chi connectivity index (χ2v) is 14.1. The number of aryl methyl sites for hydroxylation is 1. The first-order valence-corrected chi connectivity index (χ1v) is 18.8. The van der Waals surface area contributed by atoms with Crippen molar-refractivity contribution in [3.05, 3.63) is 177 Å². The van der Waals surface area contributed by atoms with Gasteiger partial charge in [0.2, 0.25) is 5.82 Å². The molecule has 1 N–H and O–H groups in total. The second-order valence-electron chi connectivity index (χ2n) is 13.0. The molecule has 0 unspecified atom stereocenters. The van der Waals surface area contributed by atoms with E-state index in [2.05, 4.69) is 64.2 Å². The van der Waals surface area contributed by atoms with E-state index in [0.29, 0.717) is 36.0 Å². The number of hydrogen-bond donors (Lipinski definition) is 1. The largest absolute Gasteiger partial charge is 0.476 e. The lowest BCUT2D eigenvalue weighted by atomic mass is 9.77. The topological polar surface area (TPSA) is 112 Å². The number of imidazole rings is 1. The predicted octanol–water partition coefficient (Wildman–Crippen LogP) is 10.3. The molecule has 0 aliphatic heterocycles. The van der Waals surface area contributed by atoms with Gasteiger partial charge in [-0.25, -0.2) is 9.78 Å². The first-order chi connectivity index (χ1) is 26.4. The maximum atomic E-state index is 12.2. The summed E-state index contributed by atoms with van der Waals surface area (Å²) in [4.78, 5) is 18.3. The Morgan fingerprint density at radius 1 is 0.833 bits per heavy atom. The Balaban J connectivity index is 1.22. The molecular formula is C43H34BrClN6O3. The number of carboxylic acid groups (broad SMARTS) is 1. The number of unbranched alkanes of at least 4 members (excludes halogenated alkanes) is 1. The Bertz CT molecular complexity index is 2490. The molecule has 0 bridgehead atoms. The van der Waals surface area contributed by atoms with Gasteiger partial charge in [-0.1, -0.05) is 146 Å². The Morgan fingerprint density at radius 3 is 2.02 bits per heavy atom. The van der Waals surface area contributed by atoms with Crippen LogP contribution in [0.15, 0.2) is 142 Å². The second kappa shape index (κ2) is 14.9. The van der Waals surface area contributed by atoms with Gasteiger partial charge >= 0.3 is 5.97 Å². The molecule has 0 amide bonds. The van der Waals surface area contributed by atoms with Crippen LogP contribution in [-0.4, -0.2) is 40.8 Å². The van der Waals surface area contributed by atoms with E-state index in [9.17, 15) is 9.90 Å². The number of carbonyl (C=O) groups is 1. The fourth-order valence-electron chi connectivity index (χ4n) is 7.16. The molecule has 8 rings (SSSR count). The number of aromatic nitrogens is 6. The Hall–Kier alpha value is -5.84. The van der Waals surface area contributed by atoms with E-state index in [-0.39, 0.29) is 10.8 Å². The molecule has 5 aromatic carbocycles. The lowest BCUT2D eigenvalue weighted by Crippen LogP contribution is -2.39. The van der Waals surface area contributed by atoms with Crippen LogP contribution < -0.4 is 0 Å². The maximum Gasteiger partial charge on any atom is 0.355 e. The van der Waals surface area contributed by atoms with Crippen LogP contribution in [-0.2, 0) is 18.5 Å². The minimum atomic E-state index is -1.11. The van der Waals surface area contributed by atoms with E-state index < -0.39 is 11.5 Å². The quantitative estimate of drug-likeness (QED) is 0.123. The number of furan rings is 1. The minimum absolute atomic E-state index is 0.00263. The molecule has 0 aliphatic rings. The van der Waals surface area contributed by atoms with Crippen molar-refractivity contribution in [3.8, 4) is 22.7 Å². The first-order valence-electron chi connectivity index (χ1n) is 17.7. The molecule has 54 heavy (non-hydrogen) atoms. The van der Waals surface area contributed by atoms with Gasteiger partial charge in [0.05, 0.1) is 4.47 Å². The minimum Gasteiger partial charge on any atom is -0.476 e. The monoisotopic (exact) mass is 796 g/mol. The van der Waals surface area contributed by atoms with Crippen LogP contribution in [0.4, 0.5) is 0 Å². The zero-order valence-corrected chi connectivity index (χ0v) is 31.6. The molecule has 0 saturated heterocycles. The molecule has 0 spiro atoms. The average molecular weight is 798 g/mol. The van der Waals surface area contributed by atoms with Crippen LogP contribution in [0, 0.1) is 0 Å². The third-order valence-corrected chi connectivity index (χ3v) is 10.7. The van der Waals surface area contributed by atoms with Crippen molar-refractivity contribution in [1.29, 1.82) is 0 Å². The molecular weight excluding hydrogens is 764 g/mol. The van der Waals surface area contributed by atoms with Crippen LogP contribution in [0.3, 0.4) is 0 Å². The highest BCUT2D eigenvalue weighted by Gasteiger charge is 2.41. The summed E-state index contributed by atoms with van der Waals surface area (Å²) in [5.41, 5.74) is 5.09. The SMILES string of the molecule is CCCCc1nc(Cl)c(C(=O)O)n1Cc1ccc2oc(-c3ccccc3-c3nnn(C(c4ccccc4)(c4ccccc4)c4ccccc4)n3)c(Br)c2c1. The molecule has 0 radical (unpaired) electrons. The van der Waals surface area contributed by atoms with Crippen molar-refractivity contribution in [1.82, 2.24) is 29.8 Å². The number of carboxylic acids is 1. The van der Waals surface area contributed by atoms with Gasteiger partial charge in [0.1, 0.15) is 17.2 Å². The summed E-state index contributed by atoms with van der Waals surface area (Å²) in [7, 11) is 0. The van der Waals surface area contributed by atoms with Crippen molar-refractivity contribution in [2.24, 2.45) is 0 Å². The van der Waals surface area contributed by atoms with Gasteiger partial charge in [-0.15, -0.1) is 15.0 Å². The van der Waals surface area contributed by atoms with E-state index in [1.54, 1.807) is 9.36 Å². The zero-order valence-electron chi connectivity index (χ0n) is 29.2. The number of nitrogens with zero attached hydrogens (tertiary/aromatic N) is 6. The normalized spacial score (nSPS) is 11.7. The van der Waals surface area contributed by atoms with Gasteiger partial charge in [0.15, 0.2) is 16.4 Å². The highest BCUT2D eigenvalue weighted by Crippen LogP contribution is 2.43. The number of rotatable bonds is 12. The summed E-state index contributed by atoms with van der Waals surface area (Å²) in [5, 5.41) is 25.4. The van der Waals surface area contributed by atoms with Crippen LogP contribution in [0.5, 0.6) is 0 Å². The van der Waals surface area contributed by atoms with E-state index in [1.807, 2.05) is 97.1 Å². The maximum absolute atomic E-state index is 12.2. The van der Waals surface area contributed by atoms with Crippen LogP contribution in [0.1, 0.15) is 58.3 Å². The molecule has 0 fully saturated rings. The number of aromatic carboxylic acids is 1. The predicted molar refractivity (Wildman–Crippen MR) is 213 cm³/mol. The Morgan fingerprint density at radius 2 is 1.43 bits per heavy atom. The average Bonchev–Trinajstić information content (AvgIpc) is 3.91. The van der Waals surface area contributed by atoms with Crippen molar-refractivity contribution in [3.63, 3.8) is 0 Å². The summed E-state index contributed by atoms with van der Waals surface area (Å²) >= 11 is 10.2. The summed E-state index contributed by atoms with van der Waals surface area (Å²) < 4.78 is 8.96. The Labute approximate surface area is 325 Å². The van der Waals surface area contributed by atoms with Gasteiger partial charge in [-0.05, 0) is 62.0 Å². The lowest BCUT2D eigenvalue weighted by Gasteiger charge is -2.34. The van der Waals surface area contributed by atoms with Gasteiger partial charge in [-0.3, -0.25) is 0 Å². The van der Waals surface area contributed by atoms with E-state index in [1.165, 1.54) is 0 Å². The highest BCUT2D eigenvalue weighted by molar-refractivity contribution is 9.10. The number of halogens is 2. The molecule has 11 heteroatoms. The first kappa shape index (κ1) is 35.2. The standard InChI is InChI=1S/C43H34BrClN6O3/c1-2-3-23-36-46-40(45)38(42(52)53)50(36)27-28-24-25-35-34(26-28)37(44)39(54-35)32-21-13-14-22-33(32)41-47-49-51(48-41)43(29-15-7-4-8-16-29,30-17-9-5-10-18-30)31-19-11-6-12-20-31/h4-22,24-26H,2-3,23,27H2,1H3,(H,52,53). The fourth-order valence-corrected chi connectivity index (χ4v) is 8.05. The summed E-state index contributed by atoms with van der Waals surface area (Å²) in [6, 6.07) is 44.3. The molecule has 9 nitrogen and oxygen atoms in total. The molecule has 8 aromatic rings. The summed E-state index contributed by atoms with van der Waals surface area (Å²) in [5.74, 6) is 0.578. The van der Waals surface area contributed by atoms with Gasteiger partial charge < -0.3 is 14.1 Å². The van der Waals surface area contributed by atoms with Crippen molar-refractivity contribution >= 4 is 44.5 Å². The molecule has 0 atom stereocenters. The summed E-state index contributed by atoms with van der Waals surface area (Å²) in [6.07, 6.45) is 2.45. The van der Waals surface area contributed by atoms with Crippen molar-refractivity contribution in [2.45, 2.75) is 38.3 Å². The molecule has 0 saturated carbocycles. The smallest absolute Gasteiger partial charge is 0.355 e. The lowest BCUT2D eigenvalue weighted by molar-refractivity contribution is 0.0685. The number of tetrazole rings is 1. The number of hydrogen-bond acceptors (Lipinski definition) is 6. The fraction of sp³-hybridized carbons (Fsp3) is 0.140. The van der Waals surface area contributed by atoms with Crippen molar-refractivity contribution in [2.75, 3.05) is 0 Å². The molecule has 3 heterocycles. The third-order valence-electron chi connectivity index (χ3n) is 9.69. The van der Waals surface area contributed by atoms with Crippen LogP contribution >= 0.6 is 27.5 Å². The number of benzene rings is 5. The van der Waals surface area contributed by atoms with E-state index in [4.69, 9.17) is 31.4 Å². The third kappa shape index (κ3) is 6.21. The highest BCUT2D eigenvalue weighted by atomic mass is 79.9. The summed E-state index contributed by atoms with van der Waals surface area (Å²) in [6.45, 7) is 2.37. The van der Waals surface area contributed by atoms with Crippen LogP contribution in [0.2, 0.25) is 5.15 Å². The van der Waals surface area contributed by atoms with Crippen LogP contribution in [0.25, 0.3) is 33.7 Å². The Kier molecular flexibility index (Phi) is 9.70. The van der Waals surface area contributed by atoms with Gasteiger partial charge in [0, 0.05) is 29.5 Å². The van der Waals surface area contributed by atoms with Gasteiger partial charge in [-0.2, -0.15) is 0 Å². The molecule has 3 aromatic heterocycles.